The molecule has 2 fully saturated rings. The Morgan fingerprint density at radius 1 is 1.45 bits per heavy atom. The minimum Gasteiger partial charge on any atom is -0.340 e. The van der Waals surface area contributed by atoms with Crippen molar-refractivity contribution < 1.29 is 4.79 Å². The van der Waals surface area contributed by atoms with E-state index in [1.54, 1.807) is 0 Å². The second kappa shape index (κ2) is 2.50. The third-order valence-electron chi connectivity index (χ3n) is 2.99. The van der Waals surface area contributed by atoms with E-state index in [9.17, 15) is 4.79 Å². The molecule has 2 saturated heterocycles. The molecule has 2 nitrogen and oxygen atoms in total. The van der Waals surface area contributed by atoms with E-state index < -0.39 is 0 Å². The number of rotatable bonds is 0. The first-order chi connectivity index (χ1) is 5.27. The predicted octanol–water partition coefficient (Wildman–Crippen LogP) is 1.41. The van der Waals surface area contributed by atoms with E-state index in [0.717, 1.165) is 25.3 Å². The van der Waals surface area contributed by atoms with Gasteiger partial charge in [-0.15, -0.1) is 0 Å². The first kappa shape index (κ1) is 7.14. The van der Waals surface area contributed by atoms with E-state index >= 15 is 0 Å². The fraction of sp³-hybridized carbons (Fsp3) is 0.889. The van der Waals surface area contributed by atoms with Gasteiger partial charge in [0.05, 0.1) is 0 Å². The van der Waals surface area contributed by atoms with Gasteiger partial charge in [0.1, 0.15) is 0 Å². The predicted molar refractivity (Wildman–Crippen MR) is 43.1 cm³/mol. The van der Waals surface area contributed by atoms with E-state index in [0.29, 0.717) is 11.9 Å². The van der Waals surface area contributed by atoms with Crippen LogP contribution in [0.3, 0.4) is 0 Å². The van der Waals surface area contributed by atoms with Gasteiger partial charge in [-0.2, -0.15) is 0 Å². The van der Waals surface area contributed by atoms with Crippen molar-refractivity contribution in [2.45, 2.75) is 38.6 Å². The van der Waals surface area contributed by atoms with Gasteiger partial charge in [0.2, 0.25) is 5.91 Å². The molecule has 0 saturated carbocycles. The molecule has 0 N–H and O–H groups in total. The lowest BCUT2D eigenvalue weighted by Gasteiger charge is -2.33. The number of nitrogens with zero attached hydrogens (tertiary/aromatic N) is 1. The van der Waals surface area contributed by atoms with E-state index in [2.05, 4.69) is 11.8 Å². The molecule has 62 valence electrons. The van der Waals surface area contributed by atoms with E-state index in [4.69, 9.17) is 0 Å². The average molecular weight is 153 g/mol. The number of carbonyl (C=O) groups is 1. The highest BCUT2D eigenvalue weighted by Gasteiger charge is 2.34. The summed E-state index contributed by atoms with van der Waals surface area (Å²) in [7, 11) is 0. The molecular formula is C9H15NO. The summed E-state index contributed by atoms with van der Waals surface area (Å²) in [5, 5.41) is 0. The fourth-order valence-electron chi connectivity index (χ4n) is 2.29. The van der Waals surface area contributed by atoms with Crippen molar-refractivity contribution >= 4 is 5.91 Å². The summed E-state index contributed by atoms with van der Waals surface area (Å²) in [6, 6.07) is 0.603. The van der Waals surface area contributed by atoms with Crippen molar-refractivity contribution in [1.82, 2.24) is 4.90 Å². The van der Waals surface area contributed by atoms with Crippen LogP contribution in [-0.2, 0) is 4.79 Å². The molecule has 2 aliphatic rings. The summed E-state index contributed by atoms with van der Waals surface area (Å²) in [6.07, 6.45) is 4.37. The Kier molecular flexibility index (Phi) is 1.63. The quantitative estimate of drug-likeness (QED) is 0.515. The number of amides is 1. The van der Waals surface area contributed by atoms with Crippen LogP contribution in [0.1, 0.15) is 32.6 Å². The molecule has 0 aromatic carbocycles. The normalized spacial score (nSPS) is 37.5. The molecule has 0 unspecified atom stereocenters. The summed E-state index contributed by atoms with van der Waals surface area (Å²) < 4.78 is 0. The van der Waals surface area contributed by atoms with Crippen LogP contribution in [0.2, 0.25) is 0 Å². The van der Waals surface area contributed by atoms with Crippen LogP contribution in [0.25, 0.3) is 0 Å². The molecule has 2 aliphatic heterocycles. The van der Waals surface area contributed by atoms with Crippen molar-refractivity contribution in [3.05, 3.63) is 0 Å². The second-order valence-corrected chi connectivity index (χ2v) is 3.91. The zero-order chi connectivity index (χ0) is 7.84. The Balaban J connectivity index is 2.06. The first-order valence-corrected chi connectivity index (χ1v) is 4.57. The van der Waals surface area contributed by atoms with Crippen LogP contribution in [0.4, 0.5) is 0 Å². The lowest BCUT2D eigenvalue weighted by atomic mass is 9.93. The van der Waals surface area contributed by atoms with Gasteiger partial charge in [-0.3, -0.25) is 4.79 Å². The maximum absolute atomic E-state index is 11.2. The van der Waals surface area contributed by atoms with Crippen LogP contribution in [0.5, 0.6) is 0 Å². The Hall–Kier alpha value is -0.530. The van der Waals surface area contributed by atoms with Crippen LogP contribution in [-0.4, -0.2) is 23.4 Å². The van der Waals surface area contributed by atoms with Crippen LogP contribution < -0.4 is 0 Å². The molecule has 0 aromatic rings. The largest absolute Gasteiger partial charge is 0.340 e. The molecular weight excluding hydrogens is 138 g/mol. The fourth-order valence-corrected chi connectivity index (χ4v) is 2.29. The zero-order valence-corrected chi connectivity index (χ0v) is 7.05. The molecule has 2 heteroatoms. The molecule has 1 amide bonds. The van der Waals surface area contributed by atoms with Crippen LogP contribution in [0, 0.1) is 5.92 Å². The minimum absolute atomic E-state index is 0.391. The van der Waals surface area contributed by atoms with Gasteiger partial charge in [-0.1, -0.05) is 6.92 Å². The lowest BCUT2D eigenvalue weighted by Crippen LogP contribution is -2.39. The average Bonchev–Trinajstić information content (AvgIpc) is 2.32. The highest BCUT2D eigenvalue weighted by molar-refractivity contribution is 5.78. The van der Waals surface area contributed by atoms with Crippen LogP contribution >= 0.6 is 0 Å². The van der Waals surface area contributed by atoms with Gasteiger partial charge < -0.3 is 4.90 Å². The van der Waals surface area contributed by atoms with Crippen molar-refractivity contribution in [2.24, 2.45) is 5.92 Å². The summed E-state index contributed by atoms with van der Waals surface area (Å²) in [5.41, 5.74) is 0. The number of fused-ring (bicyclic) bond motifs is 1. The van der Waals surface area contributed by atoms with Gasteiger partial charge in [0, 0.05) is 19.0 Å². The number of piperidine rings is 1. The lowest BCUT2D eigenvalue weighted by molar-refractivity contribution is -0.130. The van der Waals surface area contributed by atoms with Gasteiger partial charge in [-0.05, 0) is 25.2 Å². The third-order valence-corrected chi connectivity index (χ3v) is 2.99. The van der Waals surface area contributed by atoms with Crippen LogP contribution in [0.15, 0.2) is 0 Å². The molecule has 2 heterocycles. The van der Waals surface area contributed by atoms with Crippen molar-refractivity contribution in [3.63, 3.8) is 0 Å². The maximum Gasteiger partial charge on any atom is 0.222 e. The maximum atomic E-state index is 11.2. The SMILES string of the molecule is C[C@@H]1CCN2C(=O)CC[C@@H]2C1. The highest BCUT2D eigenvalue weighted by atomic mass is 16.2. The number of hydrogen-bond acceptors (Lipinski definition) is 1. The van der Waals surface area contributed by atoms with Crippen molar-refractivity contribution in [3.8, 4) is 0 Å². The summed E-state index contributed by atoms with van der Waals surface area (Å²) in [6.45, 7) is 3.31. The van der Waals surface area contributed by atoms with Gasteiger partial charge in [-0.25, -0.2) is 0 Å². The first-order valence-electron chi connectivity index (χ1n) is 4.57. The molecule has 2 atom stereocenters. The van der Waals surface area contributed by atoms with Gasteiger partial charge in [0.25, 0.3) is 0 Å². The number of carbonyl (C=O) groups excluding carboxylic acids is 1. The smallest absolute Gasteiger partial charge is 0.222 e. The summed E-state index contributed by atoms with van der Waals surface area (Å²) >= 11 is 0. The van der Waals surface area contributed by atoms with E-state index in [1.807, 2.05) is 0 Å². The summed E-state index contributed by atoms with van der Waals surface area (Å²) in [5.74, 6) is 1.23. The topological polar surface area (TPSA) is 20.3 Å². The zero-order valence-electron chi connectivity index (χ0n) is 7.05. The minimum atomic E-state index is 0.391. The molecule has 0 aromatic heterocycles. The molecule has 11 heavy (non-hydrogen) atoms. The van der Waals surface area contributed by atoms with Gasteiger partial charge >= 0.3 is 0 Å². The Bertz CT molecular complexity index is 178. The van der Waals surface area contributed by atoms with Gasteiger partial charge in [0.15, 0.2) is 0 Å². The number of hydrogen-bond donors (Lipinski definition) is 0. The molecule has 0 bridgehead atoms. The summed E-state index contributed by atoms with van der Waals surface area (Å²) in [4.78, 5) is 13.3. The molecule has 0 aliphatic carbocycles. The standard InChI is InChI=1S/C9H15NO/c1-7-4-5-10-8(6-7)2-3-9(10)11/h7-8H,2-6H2,1H3/t7-,8-/m1/s1. The molecule has 2 rings (SSSR count). The van der Waals surface area contributed by atoms with E-state index in [1.165, 1.54) is 12.8 Å². The highest BCUT2D eigenvalue weighted by Crippen LogP contribution is 2.30. The second-order valence-electron chi connectivity index (χ2n) is 3.91. The van der Waals surface area contributed by atoms with Crippen molar-refractivity contribution in [1.29, 1.82) is 0 Å². The Morgan fingerprint density at radius 3 is 3.09 bits per heavy atom. The Labute approximate surface area is 67.6 Å². The molecule has 0 radical (unpaired) electrons. The third kappa shape index (κ3) is 1.15. The monoisotopic (exact) mass is 153 g/mol. The van der Waals surface area contributed by atoms with Crippen molar-refractivity contribution in [2.75, 3.05) is 6.54 Å². The Morgan fingerprint density at radius 2 is 2.27 bits per heavy atom. The molecule has 0 spiro atoms. The van der Waals surface area contributed by atoms with E-state index in [-0.39, 0.29) is 0 Å².